The van der Waals surface area contributed by atoms with Crippen molar-refractivity contribution in [2.45, 2.75) is 25.3 Å². The van der Waals surface area contributed by atoms with E-state index in [1.165, 1.54) is 6.07 Å². The van der Waals surface area contributed by atoms with Crippen molar-refractivity contribution in [3.8, 4) is 0 Å². The number of hydrogen-bond donors (Lipinski definition) is 4. The van der Waals surface area contributed by atoms with Gasteiger partial charge in [-0.05, 0) is 48.6 Å². The summed E-state index contributed by atoms with van der Waals surface area (Å²) in [6.45, 7) is 0. The van der Waals surface area contributed by atoms with Crippen LogP contribution in [0.3, 0.4) is 0 Å². The van der Waals surface area contributed by atoms with Gasteiger partial charge in [0.15, 0.2) is 0 Å². The van der Waals surface area contributed by atoms with Crippen molar-refractivity contribution in [3.05, 3.63) is 69.4 Å². The normalized spacial score (nSPS) is 15.8. The molecule has 1 aliphatic rings. The van der Waals surface area contributed by atoms with Gasteiger partial charge in [0, 0.05) is 17.1 Å². The molecular weight excluding hydrogens is 386 g/mol. The largest absolute Gasteiger partial charge is 0.367 e. The predicted molar refractivity (Wildman–Crippen MR) is 112 cm³/mol. The lowest BCUT2D eigenvalue weighted by Gasteiger charge is -2.22. The highest BCUT2D eigenvalue weighted by Crippen LogP contribution is 2.34. The zero-order valence-corrected chi connectivity index (χ0v) is 15.9. The van der Waals surface area contributed by atoms with Crippen LogP contribution in [0.2, 0.25) is 0 Å². The number of rotatable bonds is 4. The molecule has 5 N–H and O–H groups in total. The van der Waals surface area contributed by atoms with E-state index in [9.17, 15) is 14.9 Å². The Labute approximate surface area is 170 Å². The molecule has 4 rings (SSSR count). The minimum atomic E-state index is -0.482. The van der Waals surface area contributed by atoms with Gasteiger partial charge in [-0.15, -0.1) is 5.11 Å². The molecule has 0 spiro atoms. The van der Waals surface area contributed by atoms with Crippen molar-refractivity contribution in [2.24, 2.45) is 16.0 Å². The van der Waals surface area contributed by atoms with Gasteiger partial charge in [-0.1, -0.05) is 18.2 Å². The van der Waals surface area contributed by atoms with Crippen molar-refractivity contribution >= 4 is 34.1 Å². The molecule has 0 radical (unpaired) electrons. The van der Waals surface area contributed by atoms with Crippen molar-refractivity contribution in [2.75, 3.05) is 5.32 Å². The molecule has 1 atom stereocenters. The van der Waals surface area contributed by atoms with Gasteiger partial charge in [-0.25, -0.2) is 0 Å². The minimum Gasteiger partial charge on any atom is -0.367 e. The number of azo groups is 1. The molecule has 1 aliphatic carbocycles. The number of fused-ring (bicyclic) bond motifs is 2. The van der Waals surface area contributed by atoms with Gasteiger partial charge < -0.3 is 16.0 Å². The molecule has 1 amide bonds. The molecule has 0 aliphatic heterocycles. The van der Waals surface area contributed by atoms with E-state index < -0.39 is 4.92 Å². The Hall–Kier alpha value is -4.08. The summed E-state index contributed by atoms with van der Waals surface area (Å²) in [6, 6.07) is 11.7. The summed E-state index contributed by atoms with van der Waals surface area (Å²) in [4.78, 5) is 26.2. The number of anilines is 1. The minimum absolute atomic E-state index is 0.0777. The number of nitrogens with one attached hydrogen (secondary N) is 3. The van der Waals surface area contributed by atoms with E-state index in [-0.39, 0.29) is 29.3 Å². The lowest BCUT2D eigenvalue weighted by atomic mass is 9.88. The number of benzene rings is 2. The van der Waals surface area contributed by atoms with E-state index in [2.05, 4.69) is 20.5 Å². The maximum absolute atomic E-state index is 12.7. The van der Waals surface area contributed by atoms with Gasteiger partial charge in [0.2, 0.25) is 5.96 Å². The highest BCUT2D eigenvalue weighted by molar-refractivity contribution is 6.06. The number of aryl methyl sites for hydroxylation is 1. The zero-order valence-electron chi connectivity index (χ0n) is 15.9. The molecule has 152 valence electrons. The van der Waals surface area contributed by atoms with Gasteiger partial charge in [0.1, 0.15) is 11.2 Å². The summed E-state index contributed by atoms with van der Waals surface area (Å²) in [7, 11) is 0. The van der Waals surface area contributed by atoms with Crippen molar-refractivity contribution in [3.63, 3.8) is 0 Å². The monoisotopic (exact) mass is 405 g/mol. The Morgan fingerprint density at radius 2 is 2.13 bits per heavy atom. The topological polar surface area (TPSA) is 163 Å². The number of nitrogens with two attached hydrogens (primary N) is 1. The maximum atomic E-state index is 12.7. The van der Waals surface area contributed by atoms with Crippen LogP contribution >= 0.6 is 0 Å². The lowest BCUT2D eigenvalue weighted by Crippen LogP contribution is -2.14. The number of hydrogen-bond acceptors (Lipinski definition) is 5. The molecule has 3 aromatic rings. The number of amides is 1. The van der Waals surface area contributed by atoms with Crippen LogP contribution in [-0.4, -0.2) is 21.8 Å². The van der Waals surface area contributed by atoms with E-state index in [4.69, 9.17) is 11.1 Å². The summed E-state index contributed by atoms with van der Waals surface area (Å²) in [5.74, 6) is -0.714. The second kappa shape index (κ2) is 7.74. The first-order chi connectivity index (χ1) is 14.4. The first-order valence-corrected chi connectivity index (χ1v) is 9.37. The number of para-hydroxylation sites is 1. The molecule has 1 aromatic heterocycles. The summed E-state index contributed by atoms with van der Waals surface area (Å²) >= 11 is 0. The van der Waals surface area contributed by atoms with Crippen molar-refractivity contribution < 1.29 is 9.72 Å². The fraction of sp³-hybridized carbons (Fsp3) is 0.200. The number of carbonyl (C=O) groups excluding carboxylic acids is 1. The molecule has 0 saturated carbocycles. The Balaban J connectivity index is 1.57. The average Bonchev–Trinajstić information content (AvgIpc) is 3.16. The molecule has 1 heterocycles. The predicted octanol–water partition coefficient (Wildman–Crippen LogP) is 4.05. The van der Waals surface area contributed by atoms with Crippen molar-refractivity contribution in [1.29, 1.82) is 5.41 Å². The zero-order chi connectivity index (χ0) is 21.3. The molecule has 1 unspecified atom stereocenters. The van der Waals surface area contributed by atoms with Gasteiger partial charge in [-0.3, -0.25) is 20.3 Å². The molecule has 0 fully saturated rings. The number of non-ortho nitro benzene ring substituents is 1. The molecule has 0 saturated heterocycles. The Kier molecular flexibility index (Phi) is 4.97. The Morgan fingerprint density at radius 3 is 2.90 bits per heavy atom. The first-order valence-electron chi connectivity index (χ1n) is 9.37. The third kappa shape index (κ3) is 3.75. The van der Waals surface area contributed by atoms with Gasteiger partial charge >= 0.3 is 0 Å². The SMILES string of the molecule is N=C(N)N=NC1CCCc2cc(NC(=O)c3cc4cccc([N+](=O)[O-])c4[nH]3)ccc21. The summed E-state index contributed by atoms with van der Waals surface area (Å²) in [5.41, 5.74) is 8.41. The van der Waals surface area contributed by atoms with Crippen LogP contribution in [0, 0.1) is 15.5 Å². The van der Waals surface area contributed by atoms with E-state index in [1.54, 1.807) is 24.3 Å². The van der Waals surface area contributed by atoms with Crippen LogP contribution < -0.4 is 11.1 Å². The third-order valence-electron chi connectivity index (χ3n) is 5.06. The van der Waals surface area contributed by atoms with Crippen LogP contribution in [0.4, 0.5) is 11.4 Å². The van der Waals surface area contributed by atoms with Crippen LogP contribution in [0.5, 0.6) is 0 Å². The highest BCUT2D eigenvalue weighted by atomic mass is 16.6. The number of nitro groups is 1. The van der Waals surface area contributed by atoms with E-state index in [0.717, 1.165) is 30.4 Å². The van der Waals surface area contributed by atoms with Crippen LogP contribution in [0.15, 0.2) is 52.7 Å². The van der Waals surface area contributed by atoms with Crippen LogP contribution in [0.25, 0.3) is 10.9 Å². The van der Waals surface area contributed by atoms with Crippen molar-refractivity contribution in [1.82, 2.24) is 4.98 Å². The fourth-order valence-electron chi connectivity index (χ4n) is 3.73. The number of H-pyrrole nitrogens is 1. The average molecular weight is 405 g/mol. The molecule has 2 aromatic carbocycles. The lowest BCUT2D eigenvalue weighted by molar-refractivity contribution is -0.383. The molecule has 30 heavy (non-hydrogen) atoms. The second-order valence-corrected chi connectivity index (χ2v) is 7.06. The van der Waals surface area contributed by atoms with E-state index in [0.29, 0.717) is 16.6 Å². The van der Waals surface area contributed by atoms with Gasteiger partial charge in [0.25, 0.3) is 11.6 Å². The van der Waals surface area contributed by atoms with Gasteiger partial charge in [0.05, 0.1) is 11.0 Å². The summed E-state index contributed by atoms with van der Waals surface area (Å²) < 4.78 is 0. The molecule has 0 bridgehead atoms. The van der Waals surface area contributed by atoms with Gasteiger partial charge in [-0.2, -0.15) is 5.11 Å². The summed E-state index contributed by atoms with van der Waals surface area (Å²) in [5, 5.41) is 29.6. The molecule has 10 nitrogen and oxygen atoms in total. The second-order valence-electron chi connectivity index (χ2n) is 7.06. The molecule has 10 heteroatoms. The first kappa shape index (κ1) is 19.2. The third-order valence-corrected chi connectivity index (χ3v) is 5.06. The number of nitrogens with zero attached hydrogens (tertiary/aromatic N) is 3. The highest BCUT2D eigenvalue weighted by Gasteiger charge is 2.21. The smallest absolute Gasteiger partial charge is 0.293 e. The number of aromatic nitrogens is 1. The van der Waals surface area contributed by atoms with E-state index >= 15 is 0 Å². The fourth-order valence-corrected chi connectivity index (χ4v) is 3.73. The number of guanidine groups is 1. The van der Waals surface area contributed by atoms with E-state index in [1.807, 2.05) is 12.1 Å². The maximum Gasteiger partial charge on any atom is 0.293 e. The number of aromatic amines is 1. The Morgan fingerprint density at radius 1 is 1.30 bits per heavy atom. The Bertz CT molecular complexity index is 1200. The van der Waals surface area contributed by atoms with Crippen LogP contribution in [-0.2, 0) is 6.42 Å². The molecular formula is C20H19N7O3. The standard InChI is InChI=1S/C20H19N7O3/c21-20(22)26-25-15-5-1-3-11-9-13(7-8-14(11)15)23-19(28)16-10-12-4-2-6-17(27(29)30)18(12)24-16/h2,4,6-10,15,24H,1,3,5H2,(H3,21,22)(H,23,28). The number of carbonyl (C=O) groups is 1. The number of nitro benzene ring substituents is 1. The quantitative estimate of drug-likeness (QED) is 0.169. The summed E-state index contributed by atoms with van der Waals surface area (Å²) in [6.07, 6.45) is 2.59. The van der Waals surface area contributed by atoms with Crippen LogP contribution in [0.1, 0.15) is 40.5 Å².